The van der Waals surface area contributed by atoms with Crippen molar-refractivity contribution < 1.29 is 9.13 Å². The van der Waals surface area contributed by atoms with Crippen LogP contribution in [0.3, 0.4) is 0 Å². The summed E-state index contributed by atoms with van der Waals surface area (Å²) >= 11 is 0. The number of halogens is 1. The van der Waals surface area contributed by atoms with Crippen LogP contribution in [0.1, 0.15) is 39.3 Å². The van der Waals surface area contributed by atoms with Crippen LogP contribution in [-0.2, 0) is 0 Å². The van der Waals surface area contributed by atoms with E-state index in [1.54, 1.807) is 19.1 Å². The third-order valence-electron chi connectivity index (χ3n) is 2.72. The molecule has 0 fully saturated rings. The van der Waals surface area contributed by atoms with E-state index in [2.05, 4.69) is 13.8 Å². The number of hydrogen-bond acceptors (Lipinski definition) is 2. The van der Waals surface area contributed by atoms with E-state index in [4.69, 9.17) is 10.5 Å². The molecule has 1 aromatic rings. The average Bonchev–Trinajstić information content (AvgIpc) is 2.16. The van der Waals surface area contributed by atoms with Crippen LogP contribution < -0.4 is 10.5 Å². The highest BCUT2D eigenvalue weighted by atomic mass is 19.1. The summed E-state index contributed by atoms with van der Waals surface area (Å²) in [5.74, 6) is 0.629. The van der Waals surface area contributed by atoms with Crippen LogP contribution in [0.25, 0.3) is 0 Å². The van der Waals surface area contributed by atoms with Crippen LogP contribution in [0.5, 0.6) is 5.75 Å². The molecule has 2 nitrogen and oxygen atoms in total. The third kappa shape index (κ3) is 2.95. The van der Waals surface area contributed by atoms with Crippen molar-refractivity contribution in [2.75, 3.05) is 0 Å². The smallest absolute Gasteiger partial charge is 0.131 e. The second-order valence-electron chi connectivity index (χ2n) is 4.51. The van der Waals surface area contributed by atoms with E-state index >= 15 is 0 Å². The number of rotatable bonds is 4. The van der Waals surface area contributed by atoms with Gasteiger partial charge < -0.3 is 10.5 Å². The lowest BCUT2D eigenvalue weighted by atomic mass is 10.1. The quantitative estimate of drug-likeness (QED) is 0.853. The molecule has 0 aliphatic rings. The van der Waals surface area contributed by atoms with Gasteiger partial charge >= 0.3 is 0 Å². The number of nitrogens with two attached hydrogens (primary N) is 1. The highest BCUT2D eigenvalue weighted by molar-refractivity contribution is 5.36. The minimum Gasteiger partial charge on any atom is -0.490 e. The summed E-state index contributed by atoms with van der Waals surface area (Å²) in [7, 11) is 0. The van der Waals surface area contributed by atoms with Crippen LogP contribution in [0.15, 0.2) is 18.2 Å². The largest absolute Gasteiger partial charge is 0.490 e. The lowest BCUT2D eigenvalue weighted by Crippen LogP contribution is -2.21. The van der Waals surface area contributed by atoms with Crippen LogP contribution in [0.2, 0.25) is 0 Å². The first kappa shape index (κ1) is 13.0. The fraction of sp³-hybridized carbons (Fsp3) is 0.538. The molecule has 0 aromatic heterocycles. The van der Waals surface area contributed by atoms with Gasteiger partial charge in [-0.05, 0) is 31.9 Å². The summed E-state index contributed by atoms with van der Waals surface area (Å²) in [5, 5.41) is 0. The van der Waals surface area contributed by atoms with Crippen molar-refractivity contribution in [1.82, 2.24) is 0 Å². The molecule has 0 radical (unpaired) electrons. The molecule has 0 spiro atoms. The zero-order valence-corrected chi connectivity index (χ0v) is 10.3. The van der Waals surface area contributed by atoms with Gasteiger partial charge in [0.05, 0.1) is 6.10 Å². The molecular weight excluding hydrogens is 205 g/mol. The minimum atomic E-state index is -0.365. The van der Waals surface area contributed by atoms with E-state index < -0.39 is 0 Å². The summed E-state index contributed by atoms with van der Waals surface area (Å²) < 4.78 is 19.3. The van der Waals surface area contributed by atoms with Crippen molar-refractivity contribution in [1.29, 1.82) is 0 Å². The second kappa shape index (κ2) is 5.30. The van der Waals surface area contributed by atoms with Crippen molar-refractivity contribution in [3.63, 3.8) is 0 Å². The highest BCUT2D eigenvalue weighted by Crippen LogP contribution is 2.28. The molecule has 2 N–H and O–H groups in total. The normalized spacial score (nSPS) is 14.9. The Balaban J connectivity index is 2.99. The molecule has 0 aliphatic heterocycles. The van der Waals surface area contributed by atoms with E-state index in [0.29, 0.717) is 17.2 Å². The highest BCUT2D eigenvalue weighted by Gasteiger charge is 2.16. The third-order valence-corrected chi connectivity index (χ3v) is 2.72. The number of hydrogen-bond donors (Lipinski definition) is 1. The Kier molecular flexibility index (Phi) is 4.30. The Labute approximate surface area is 96.6 Å². The molecule has 3 heteroatoms. The predicted octanol–water partition coefficient (Wildman–Crippen LogP) is 3.27. The Morgan fingerprint density at radius 3 is 2.31 bits per heavy atom. The van der Waals surface area contributed by atoms with Crippen molar-refractivity contribution in [3.05, 3.63) is 29.6 Å². The van der Waals surface area contributed by atoms with Gasteiger partial charge in [-0.3, -0.25) is 0 Å². The summed E-state index contributed by atoms with van der Waals surface area (Å²) in [6.45, 7) is 7.86. The van der Waals surface area contributed by atoms with E-state index in [9.17, 15) is 4.39 Å². The molecular formula is C13H20FNO. The molecule has 0 saturated carbocycles. The fourth-order valence-corrected chi connectivity index (χ4v) is 1.40. The summed E-state index contributed by atoms with van der Waals surface area (Å²) in [4.78, 5) is 0. The zero-order chi connectivity index (χ0) is 12.3. The van der Waals surface area contributed by atoms with Gasteiger partial charge in [0.1, 0.15) is 11.6 Å². The lowest BCUT2D eigenvalue weighted by Gasteiger charge is -2.21. The first-order chi connectivity index (χ1) is 7.43. The topological polar surface area (TPSA) is 35.2 Å². The van der Waals surface area contributed by atoms with Crippen LogP contribution in [0, 0.1) is 11.7 Å². The van der Waals surface area contributed by atoms with Gasteiger partial charge in [-0.15, -0.1) is 0 Å². The maximum atomic E-state index is 13.6. The summed E-state index contributed by atoms with van der Waals surface area (Å²) in [5.41, 5.74) is 6.20. The van der Waals surface area contributed by atoms with Gasteiger partial charge in [0.2, 0.25) is 0 Å². The van der Waals surface area contributed by atoms with Crippen LogP contribution in [0.4, 0.5) is 4.39 Å². The van der Waals surface area contributed by atoms with Gasteiger partial charge in [-0.2, -0.15) is 0 Å². The monoisotopic (exact) mass is 225 g/mol. The van der Waals surface area contributed by atoms with Crippen LogP contribution in [-0.4, -0.2) is 6.10 Å². The maximum absolute atomic E-state index is 13.6. The van der Waals surface area contributed by atoms with Crippen molar-refractivity contribution in [2.45, 2.75) is 39.8 Å². The molecule has 2 unspecified atom stereocenters. The minimum absolute atomic E-state index is 0.0410. The van der Waals surface area contributed by atoms with E-state index in [-0.39, 0.29) is 18.0 Å². The Morgan fingerprint density at radius 1 is 1.19 bits per heavy atom. The lowest BCUT2D eigenvalue weighted by molar-refractivity contribution is 0.167. The zero-order valence-electron chi connectivity index (χ0n) is 10.3. The average molecular weight is 225 g/mol. The molecule has 0 aliphatic carbocycles. The molecule has 1 aromatic carbocycles. The molecule has 16 heavy (non-hydrogen) atoms. The van der Waals surface area contributed by atoms with Gasteiger partial charge in [0.15, 0.2) is 0 Å². The van der Waals surface area contributed by atoms with Crippen molar-refractivity contribution >= 4 is 0 Å². The van der Waals surface area contributed by atoms with E-state index in [1.807, 2.05) is 6.92 Å². The molecule has 1 rings (SSSR count). The molecule has 0 bridgehead atoms. The first-order valence-electron chi connectivity index (χ1n) is 5.64. The van der Waals surface area contributed by atoms with Crippen molar-refractivity contribution in [3.8, 4) is 5.75 Å². The van der Waals surface area contributed by atoms with Crippen molar-refractivity contribution in [2.24, 2.45) is 11.7 Å². The molecule has 0 amide bonds. The van der Waals surface area contributed by atoms with Crippen LogP contribution >= 0.6 is 0 Å². The van der Waals surface area contributed by atoms with Gasteiger partial charge in [-0.25, -0.2) is 4.39 Å². The fourth-order valence-electron chi connectivity index (χ4n) is 1.40. The molecule has 90 valence electrons. The van der Waals surface area contributed by atoms with Gasteiger partial charge in [0.25, 0.3) is 0 Å². The number of ether oxygens (including phenoxy) is 1. The molecule has 2 atom stereocenters. The summed E-state index contributed by atoms with van der Waals surface area (Å²) in [6, 6.07) is 4.45. The number of benzene rings is 1. The Bertz CT molecular complexity index is 350. The standard InChI is InChI=1S/C13H20FNO/c1-8(2)10(4)16-12-7-5-6-11(14)13(12)9(3)15/h5-10H,15H2,1-4H3. The maximum Gasteiger partial charge on any atom is 0.131 e. The summed E-state index contributed by atoms with van der Waals surface area (Å²) in [6.07, 6.45) is 0.0410. The first-order valence-corrected chi connectivity index (χ1v) is 5.64. The SMILES string of the molecule is CC(N)c1c(F)cccc1OC(C)C(C)C. The second-order valence-corrected chi connectivity index (χ2v) is 4.51. The molecule has 0 heterocycles. The molecule has 0 saturated heterocycles. The van der Waals surface area contributed by atoms with Gasteiger partial charge in [0, 0.05) is 11.6 Å². The van der Waals surface area contributed by atoms with Gasteiger partial charge in [-0.1, -0.05) is 19.9 Å². The van der Waals surface area contributed by atoms with E-state index in [0.717, 1.165) is 0 Å². The predicted molar refractivity (Wildman–Crippen MR) is 63.9 cm³/mol. The Hall–Kier alpha value is -1.09. The Morgan fingerprint density at radius 2 is 1.81 bits per heavy atom. The van der Waals surface area contributed by atoms with E-state index in [1.165, 1.54) is 6.07 Å².